The number of rotatable bonds is 3. The molecule has 2 aromatic carbocycles. The van der Waals surface area contributed by atoms with E-state index >= 15 is 0 Å². The maximum Gasteiger partial charge on any atom is 0.273 e. The molecule has 0 saturated carbocycles. The summed E-state index contributed by atoms with van der Waals surface area (Å²) in [5, 5.41) is 10.6. The van der Waals surface area contributed by atoms with Crippen molar-refractivity contribution in [2.45, 2.75) is 13.8 Å². The van der Waals surface area contributed by atoms with Gasteiger partial charge in [-0.2, -0.15) is 5.26 Å². The quantitative estimate of drug-likeness (QED) is 0.578. The van der Waals surface area contributed by atoms with Gasteiger partial charge in [-0.3, -0.25) is 14.2 Å². The zero-order chi connectivity index (χ0) is 23.5. The van der Waals surface area contributed by atoms with E-state index in [0.29, 0.717) is 46.2 Å². The third-order valence-corrected chi connectivity index (χ3v) is 6.77. The number of carbonyl (C=O) groups is 1. The zero-order valence-electron chi connectivity index (χ0n) is 18.3. The van der Waals surface area contributed by atoms with Gasteiger partial charge in [0, 0.05) is 18.1 Å². The molecular formula is C25H22ClN3O3S. The number of hydrogen-bond donors (Lipinski definition) is 0. The molecular weight excluding hydrogens is 458 g/mol. The number of amides is 1. The van der Waals surface area contributed by atoms with Crippen molar-refractivity contribution in [2.75, 3.05) is 26.3 Å². The van der Waals surface area contributed by atoms with E-state index in [4.69, 9.17) is 16.3 Å². The minimum absolute atomic E-state index is 0.0465. The molecule has 3 aromatic rings. The summed E-state index contributed by atoms with van der Waals surface area (Å²) in [5.74, 6) is -0.390. The number of morpholine rings is 1. The van der Waals surface area contributed by atoms with Gasteiger partial charge in [0.1, 0.15) is 10.7 Å². The van der Waals surface area contributed by atoms with Crippen molar-refractivity contribution >= 4 is 40.5 Å². The summed E-state index contributed by atoms with van der Waals surface area (Å²) in [6, 6.07) is 14.9. The minimum Gasteiger partial charge on any atom is -0.378 e. The van der Waals surface area contributed by atoms with Crippen molar-refractivity contribution < 1.29 is 9.53 Å². The molecule has 168 valence electrons. The van der Waals surface area contributed by atoms with Crippen molar-refractivity contribution in [2.24, 2.45) is 0 Å². The van der Waals surface area contributed by atoms with Crippen LogP contribution in [-0.2, 0) is 9.53 Å². The summed E-state index contributed by atoms with van der Waals surface area (Å²) in [6.07, 6.45) is 1.75. The standard InChI is InChI=1S/C25H22ClN3O3S/c1-16-3-8-21(17(2)13-16)29-24(31)22(14-18-4-6-19(26)7-5-18)33-25(29)20(15-27)23(30)28-9-11-32-12-10-28/h3-8,13-14H,9-12H2,1-2H3/b22-14+,25-20-. The fraction of sp³-hybridized carbons (Fsp3) is 0.240. The summed E-state index contributed by atoms with van der Waals surface area (Å²) in [6.45, 7) is 5.56. The van der Waals surface area contributed by atoms with Crippen molar-refractivity contribution in [3.63, 3.8) is 0 Å². The first-order valence-corrected chi connectivity index (χ1v) is 11.7. The van der Waals surface area contributed by atoms with E-state index in [-0.39, 0.29) is 11.1 Å². The second-order valence-electron chi connectivity index (χ2n) is 7.79. The summed E-state index contributed by atoms with van der Waals surface area (Å²) in [4.78, 5) is 28.4. The Hall–Kier alpha value is -3.18. The van der Waals surface area contributed by atoms with Gasteiger partial charge in [0.05, 0.1) is 23.4 Å². The van der Waals surface area contributed by atoms with E-state index in [2.05, 4.69) is 6.07 Å². The molecule has 1 amide bonds. The highest BCUT2D eigenvalue weighted by Crippen LogP contribution is 2.14. The lowest BCUT2D eigenvalue weighted by atomic mass is 10.1. The van der Waals surface area contributed by atoms with Crippen LogP contribution in [0.25, 0.3) is 17.3 Å². The first kappa shape index (κ1) is 23.0. The lowest BCUT2D eigenvalue weighted by Crippen LogP contribution is -2.42. The summed E-state index contributed by atoms with van der Waals surface area (Å²) in [7, 11) is 0. The van der Waals surface area contributed by atoms with E-state index < -0.39 is 5.91 Å². The average Bonchev–Trinajstić information content (AvgIpc) is 3.12. The highest BCUT2D eigenvalue weighted by atomic mass is 35.5. The molecule has 1 aliphatic heterocycles. The number of ether oxygens (including phenoxy) is 1. The predicted octanol–water partition coefficient (Wildman–Crippen LogP) is 2.53. The Bertz CT molecular complexity index is 1430. The molecule has 4 rings (SSSR count). The Morgan fingerprint density at radius 3 is 2.48 bits per heavy atom. The molecule has 0 radical (unpaired) electrons. The van der Waals surface area contributed by atoms with E-state index in [9.17, 15) is 14.9 Å². The largest absolute Gasteiger partial charge is 0.378 e. The fourth-order valence-electron chi connectivity index (χ4n) is 3.75. The molecule has 0 aliphatic carbocycles. The van der Waals surface area contributed by atoms with Crippen LogP contribution in [0.1, 0.15) is 16.7 Å². The lowest BCUT2D eigenvalue weighted by molar-refractivity contribution is -0.128. The number of carbonyl (C=O) groups excluding carboxylic acids is 1. The molecule has 1 aromatic heterocycles. The Labute approximate surface area is 200 Å². The number of aromatic nitrogens is 1. The van der Waals surface area contributed by atoms with Gasteiger partial charge >= 0.3 is 0 Å². The lowest BCUT2D eigenvalue weighted by Gasteiger charge is -2.26. The predicted molar refractivity (Wildman–Crippen MR) is 130 cm³/mol. The van der Waals surface area contributed by atoms with Gasteiger partial charge in [-0.25, -0.2) is 0 Å². The minimum atomic E-state index is -0.390. The van der Waals surface area contributed by atoms with Crippen LogP contribution in [0.2, 0.25) is 5.02 Å². The molecule has 0 unspecified atom stereocenters. The van der Waals surface area contributed by atoms with Crippen molar-refractivity contribution in [1.29, 1.82) is 5.26 Å². The monoisotopic (exact) mass is 479 g/mol. The SMILES string of the molecule is Cc1ccc(-n2c(=O)/c(=C\c3ccc(Cl)cc3)s/c2=C(/C#N)C(=O)N2CCOCC2)c(C)c1. The molecule has 1 aliphatic rings. The third kappa shape index (κ3) is 4.79. The second kappa shape index (κ2) is 9.75. The van der Waals surface area contributed by atoms with Crippen LogP contribution in [0, 0.1) is 25.2 Å². The van der Waals surface area contributed by atoms with Crippen molar-refractivity contribution in [3.8, 4) is 11.8 Å². The van der Waals surface area contributed by atoms with Gasteiger partial charge < -0.3 is 9.64 Å². The first-order valence-electron chi connectivity index (χ1n) is 10.5. The number of aryl methyl sites for hydroxylation is 2. The van der Waals surface area contributed by atoms with Crippen LogP contribution in [-0.4, -0.2) is 41.7 Å². The van der Waals surface area contributed by atoms with Gasteiger partial charge in [0.2, 0.25) is 0 Å². The molecule has 1 saturated heterocycles. The first-order chi connectivity index (χ1) is 15.9. The van der Waals surface area contributed by atoms with Crippen LogP contribution in [0.4, 0.5) is 0 Å². The van der Waals surface area contributed by atoms with E-state index in [1.54, 1.807) is 23.1 Å². The number of nitrogens with zero attached hydrogens (tertiary/aromatic N) is 3. The summed E-state index contributed by atoms with van der Waals surface area (Å²) >= 11 is 7.13. The van der Waals surface area contributed by atoms with Crippen molar-refractivity contribution in [3.05, 3.63) is 83.7 Å². The molecule has 6 nitrogen and oxygen atoms in total. The molecule has 33 heavy (non-hydrogen) atoms. The number of hydrogen-bond acceptors (Lipinski definition) is 5. The molecule has 0 N–H and O–H groups in total. The average molecular weight is 480 g/mol. The fourth-order valence-corrected chi connectivity index (χ4v) is 4.96. The van der Waals surface area contributed by atoms with Gasteiger partial charge in [0.25, 0.3) is 11.5 Å². The van der Waals surface area contributed by atoms with Crippen LogP contribution in [0.5, 0.6) is 0 Å². The van der Waals surface area contributed by atoms with Crippen LogP contribution >= 0.6 is 22.9 Å². The van der Waals surface area contributed by atoms with E-state index in [0.717, 1.165) is 28.0 Å². The number of thiazole rings is 1. The van der Waals surface area contributed by atoms with Gasteiger partial charge in [-0.1, -0.05) is 41.4 Å². The van der Waals surface area contributed by atoms with E-state index in [1.165, 1.54) is 4.57 Å². The highest BCUT2D eigenvalue weighted by molar-refractivity contribution is 7.07. The van der Waals surface area contributed by atoms with Crippen LogP contribution < -0.4 is 14.8 Å². The summed E-state index contributed by atoms with van der Waals surface area (Å²) in [5.41, 5.74) is 3.06. The van der Waals surface area contributed by atoms with Crippen molar-refractivity contribution in [1.82, 2.24) is 9.47 Å². The molecule has 2 heterocycles. The summed E-state index contributed by atoms with van der Waals surface area (Å²) < 4.78 is 7.57. The van der Waals surface area contributed by atoms with E-state index in [1.807, 2.05) is 44.2 Å². The number of halogens is 1. The molecule has 1 fully saturated rings. The Kier molecular flexibility index (Phi) is 6.80. The van der Waals surface area contributed by atoms with Gasteiger partial charge in [-0.15, -0.1) is 11.3 Å². The van der Waals surface area contributed by atoms with Gasteiger partial charge in [0.15, 0.2) is 5.57 Å². The molecule has 0 bridgehead atoms. The Morgan fingerprint density at radius 2 is 1.85 bits per heavy atom. The highest BCUT2D eigenvalue weighted by Gasteiger charge is 2.24. The topological polar surface area (TPSA) is 75.3 Å². The molecule has 0 atom stereocenters. The smallest absolute Gasteiger partial charge is 0.273 e. The van der Waals surface area contributed by atoms with Gasteiger partial charge in [-0.05, 0) is 49.2 Å². The normalized spacial score (nSPS) is 15.3. The number of nitriles is 1. The second-order valence-corrected chi connectivity index (χ2v) is 9.26. The third-order valence-electron chi connectivity index (χ3n) is 5.42. The number of benzene rings is 2. The Morgan fingerprint density at radius 1 is 1.15 bits per heavy atom. The molecule has 0 spiro atoms. The molecule has 8 heteroatoms. The zero-order valence-corrected chi connectivity index (χ0v) is 19.9. The van der Waals surface area contributed by atoms with Crippen LogP contribution in [0.3, 0.4) is 0 Å². The Balaban J connectivity index is 2.01. The van der Waals surface area contributed by atoms with Crippen LogP contribution in [0.15, 0.2) is 47.3 Å². The maximum absolute atomic E-state index is 13.6. The maximum atomic E-state index is 13.6.